The Hall–Kier alpha value is -3.22. The third-order valence-electron chi connectivity index (χ3n) is 4.36. The van der Waals surface area contributed by atoms with Gasteiger partial charge in [-0.2, -0.15) is 0 Å². The first-order chi connectivity index (χ1) is 12.0. The zero-order valence-corrected chi connectivity index (χ0v) is 13.6. The van der Waals surface area contributed by atoms with Crippen molar-refractivity contribution in [2.24, 2.45) is 0 Å². The zero-order valence-electron chi connectivity index (χ0n) is 13.6. The van der Waals surface area contributed by atoms with E-state index in [0.717, 1.165) is 11.1 Å². The number of non-ortho nitro benzene ring substituents is 1. The molecular weight excluding hydrogens is 322 g/mol. The third kappa shape index (κ3) is 3.21. The van der Waals surface area contributed by atoms with Crippen LogP contribution in [0.15, 0.2) is 48.5 Å². The molecule has 1 aliphatic heterocycles. The normalized spacial score (nSPS) is 16.0. The maximum absolute atomic E-state index is 12.9. The second-order valence-corrected chi connectivity index (χ2v) is 5.84. The van der Waals surface area contributed by atoms with Crippen LogP contribution in [0.5, 0.6) is 0 Å². The molecule has 0 spiro atoms. The number of nitrogens with zero attached hydrogens (tertiary/aromatic N) is 2. The molecule has 2 aromatic carbocycles. The number of hydrogen-bond acceptors (Lipinski definition) is 4. The molecule has 1 unspecified atom stereocenters. The minimum absolute atomic E-state index is 0.153. The molecule has 0 radical (unpaired) electrons. The molecule has 1 aliphatic rings. The third-order valence-corrected chi connectivity index (χ3v) is 4.36. The number of fused-ring (bicyclic) bond motifs is 1. The number of hydrogen-bond donors (Lipinski definition) is 1. The van der Waals surface area contributed by atoms with Crippen LogP contribution in [-0.2, 0) is 17.8 Å². The molecule has 0 aliphatic carbocycles. The smallest absolute Gasteiger partial charge is 0.270 e. The Morgan fingerprint density at radius 1 is 1.16 bits per heavy atom. The summed E-state index contributed by atoms with van der Waals surface area (Å²) in [5.41, 5.74) is 2.04. The summed E-state index contributed by atoms with van der Waals surface area (Å²) in [6.45, 7) is 0.287. The van der Waals surface area contributed by atoms with E-state index < -0.39 is 16.9 Å². The van der Waals surface area contributed by atoms with Crippen molar-refractivity contribution < 1.29 is 14.5 Å². The SMILES string of the molecule is CNC(=O)C1Cc2ccccc2CN1C(=O)c1cccc([N+](=O)[O-])c1. The van der Waals surface area contributed by atoms with Crippen LogP contribution in [0.2, 0.25) is 0 Å². The zero-order chi connectivity index (χ0) is 18.0. The highest BCUT2D eigenvalue weighted by atomic mass is 16.6. The lowest BCUT2D eigenvalue weighted by Crippen LogP contribution is -2.51. The van der Waals surface area contributed by atoms with Crippen molar-refractivity contribution in [3.63, 3.8) is 0 Å². The number of carbonyl (C=O) groups is 2. The van der Waals surface area contributed by atoms with E-state index in [9.17, 15) is 19.7 Å². The first-order valence-electron chi connectivity index (χ1n) is 7.85. The van der Waals surface area contributed by atoms with E-state index in [2.05, 4.69) is 5.32 Å². The van der Waals surface area contributed by atoms with E-state index >= 15 is 0 Å². The molecule has 0 saturated carbocycles. The summed E-state index contributed by atoms with van der Waals surface area (Å²) in [6, 6.07) is 12.6. The summed E-state index contributed by atoms with van der Waals surface area (Å²) in [5, 5.41) is 13.5. The first-order valence-corrected chi connectivity index (χ1v) is 7.85. The summed E-state index contributed by atoms with van der Waals surface area (Å²) in [4.78, 5) is 37.1. The largest absolute Gasteiger partial charge is 0.357 e. The van der Waals surface area contributed by atoms with Gasteiger partial charge in [-0.3, -0.25) is 19.7 Å². The number of carbonyl (C=O) groups excluding carboxylic acids is 2. The molecule has 1 atom stereocenters. The molecule has 0 bridgehead atoms. The lowest BCUT2D eigenvalue weighted by molar-refractivity contribution is -0.384. The predicted octanol–water partition coefficient (Wildman–Crippen LogP) is 1.91. The molecule has 7 nitrogen and oxygen atoms in total. The fourth-order valence-electron chi connectivity index (χ4n) is 3.06. The highest BCUT2D eigenvalue weighted by Crippen LogP contribution is 2.26. The van der Waals surface area contributed by atoms with Gasteiger partial charge in [-0.05, 0) is 17.2 Å². The molecule has 7 heteroatoms. The maximum Gasteiger partial charge on any atom is 0.270 e. The highest BCUT2D eigenvalue weighted by Gasteiger charge is 2.34. The van der Waals surface area contributed by atoms with Gasteiger partial charge < -0.3 is 10.2 Å². The van der Waals surface area contributed by atoms with Gasteiger partial charge in [0.15, 0.2) is 0 Å². The van der Waals surface area contributed by atoms with Crippen molar-refractivity contribution in [1.82, 2.24) is 10.2 Å². The van der Waals surface area contributed by atoms with E-state index in [4.69, 9.17) is 0 Å². The number of benzene rings is 2. The molecule has 0 saturated heterocycles. The van der Waals surface area contributed by atoms with Gasteiger partial charge in [0.25, 0.3) is 11.6 Å². The minimum atomic E-state index is -0.647. The van der Waals surface area contributed by atoms with Crippen LogP contribution < -0.4 is 5.32 Å². The highest BCUT2D eigenvalue weighted by molar-refractivity contribution is 5.98. The van der Waals surface area contributed by atoms with Crippen molar-refractivity contribution in [1.29, 1.82) is 0 Å². The summed E-state index contributed by atoms with van der Waals surface area (Å²) in [7, 11) is 1.53. The van der Waals surface area contributed by atoms with Crippen LogP contribution in [0.25, 0.3) is 0 Å². The molecule has 1 N–H and O–H groups in total. The number of nitro groups is 1. The average molecular weight is 339 g/mol. The molecule has 0 fully saturated rings. The quantitative estimate of drug-likeness (QED) is 0.683. The van der Waals surface area contributed by atoms with Gasteiger partial charge in [0.05, 0.1) is 4.92 Å². The lowest BCUT2D eigenvalue weighted by atomic mass is 9.92. The Morgan fingerprint density at radius 2 is 1.88 bits per heavy atom. The van der Waals surface area contributed by atoms with Crippen LogP contribution in [0.1, 0.15) is 21.5 Å². The maximum atomic E-state index is 12.9. The van der Waals surface area contributed by atoms with E-state index in [1.807, 2.05) is 24.3 Å². The van der Waals surface area contributed by atoms with Gasteiger partial charge in [0.2, 0.25) is 5.91 Å². The molecule has 25 heavy (non-hydrogen) atoms. The van der Waals surface area contributed by atoms with Gasteiger partial charge in [-0.1, -0.05) is 30.3 Å². The van der Waals surface area contributed by atoms with Crippen LogP contribution in [0.3, 0.4) is 0 Å². The van der Waals surface area contributed by atoms with Crippen molar-refractivity contribution in [2.75, 3.05) is 7.05 Å². The second kappa shape index (κ2) is 6.72. The summed E-state index contributed by atoms with van der Waals surface area (Å²) in [6.07, 6.45) is 0.413. The molecule has 2 aromatic rings. The first kappa shape index (κ1) is 16.6. The second-order valence-electron chi connectivity index (χ2n) is 5.84. The van der Waals surface area contributed by atoms with E-state index in [1.54, 1.807) is 0 Å². The fourth-order valence-corrected chi connectivity index (χ4v) is 3.06. The van der Waals surface area contributed by atoms with E-state index in [1.165, 1.54) is 36.2 Å². The van der Waals surface area contributed by atoms with E-state index in [0.29, 0.717) is 6.42 Å². The standard InChI is InChI=1S/C18H17N3O4/c1-19-17(22)16-10-12-5-2-3-6-14(12)11-20(16)18(23)13-7-4-8-15(9-13)21(24)25/h2-9,16H,10-11H2,1H3,(H,19,22). The summed E-state index contributed by atoms with van der Waals surface area (Å²) in [5.74, 6) is -0.653. The number of nitro benzene ring substituents is 1. The number of rotatable bonds is 3. The Kier molecular flexibility index (Phi) is 4.47. The minimum Gasteiger partial charge on any atom is -0.357 e. The van der Waals surface area contributed by atoms with Gasteiger partial charge in [0.1, 0.15) is 6.04 Å². The van der Waals surface area contributed by atoms with Gasteiger partial charge in [-0.25, -0.2) is 0 Å². The topological polar surface area (TPSA) is 92.6 Å². The monoisotopic (exact) mass is 339 g/mol. The summed E-state index contributed by atoms with van der Waals surface area (Å²) < 4.78 is 0. The molecule has 0 aromatic heterocycles. The number of likely N-dealkylation sites (N-methyl/N-ethyl adjacent to an activating group) is 1. The van der Waals surface area contributed by atoms with Gasteiger partial charge in [0, 0.05) is 37.7 Å². The predicted molar refractivity (Wildman–Crippen MR) is 91.0 cm³/mol. The Morgan fingerprint density at radius 3 is 2.56 bits per heavy atom. The van der Waals surface area contributed by atoms with Crippen molar-refractivity contribution >= 4 is 17.5 Å². The van der Waals surface area contributed by atoms with Crippen LogP contribution >= 0.6 is 0 Å². The van der Waals surface area contributed by atoms with Crippen LogP contribution in [0.4, 0.5) is 5.69 Å². The van der Waals surface area contributed by atoms with Crippen molar-refractivity contribution in [3.05, 3.63) is 75.3 Å². The molecule has 1 heterocycles. The Balaban J connectivity index is 1.98. The number of amides is 2. The van der Waals surface area contributed by atoms with Gasteiger partial charge >= 0.3 is 0 Å². The molecule has 3 rings (SSSR count). The van der Waals surface area contributed by atoms with Crippen molar-refractivity contribution in [3.8, 4) is 0 Å². The number of nitrogens with one attached hydrogen (secondary N) is 1. The molecular formula is C18H17N3O4. The Bertz CT molecular complexity index is 850. The Labute approximate surface area is 144 Å². The van der Waals surface area contributed by atoms with Crippen LogP contribution in [0, 0.1) is 10.1 Å². The molecule has 128 valence electrons. The fraction of sp³-hybridized carbons (Fsp3) is 0.222. The lowest BCUT2D eigenvalue weighted by Gasteiger charge is -2.35. The van der Waals surface area contributed by atoms with Crippen molar-refractivity contribution in [2.45, 2.75) is 19.0 Å². The average Bonchev–Trinajstić information content (AvgIpc) is 2.65. The van der Waals surface area contributed by atoms with Crippen LogP contribution in [-0.4, -0.2) is 34.7 Å². The van der Waals surface area contributed by atoms with E-state index in [-0.39, 0.29) is 23.7 Å². The van der Waals surface area contributed by atoms with Gasteiger partial charge in [-0.15, -0.1) is 0 Å². The molecule has 2 amide bonds. The summed E-state index contributed by atoms with van der Waals surface area (Å²) >= 11 is 0.